The van der Waals surface area contributed by atoms with Gasteiger partial charge in [0.1, 0.15) is 11.6 Å². The molecule has 0 aliphatic carbocycles. The first-order valence-electron chi connectivity index (χ1n) is 3.93. The Morgan fingerprint density at radius 3 is 1.33 bits per heavy atom. The van der Waals surface area contributed by atoms with Gasteiger partial charge in [0.25, 0.3) is 0 Å². The third-order valence-corrected chi connectivity index (χ3v) is 0.906. The van der Waals surface area contributed by atoms with E-state index in [1.54, 1.807) is 0 Å². The lowest BCUT2D eigenvalue weighted by molar-refractivity contribution is -0.124. The Morgan fingerprint density at radius 2 is 1.33 bits per heavy atom. The standard InChI is InChI=1S/C5H8O2.C3H10N2/c1-4(6)3-5(2)7;4-2-1-3-5/h3H2,1-2H3;1-5H2. The predicted molar refractivity (Wildman–Crippen MR) is 48.7 cm³/mol. The van der Waals surface area contributed by atoms with Gasteiger partial charge in [0.05, 0.1) is 6.42 Å². The number of hydrogen-bond donors (Lipinski definition) is 2. The fourth-order valence-corrected chi connectivity index (χ4v) is 0.468. The van der Waals surface area contributed by atoms with Gasteiger partial charge in [-0.2, -0.15) is 0 Å². The Hall–Kier alpha value is -0.740. The van der Waals surface area contributed by atoms with Crippen molar-refractivity contribution in [3.63, 3.8) is 0 Å². The smallest absolute Gasteiger partial charge is 0.137 e. The van der Waals surface area contributed by atoms with Gasteiger partial charge >= 0.3 is 0 Å². The van der Waals surface area contributed by atoms with Crippen molar-refractivity contribution in [3.05, 3.63) is 0 Å². The maximum absolute atomic E-state index is 10.0. The molecule has 0 saturated carbocycles. The Kier molecular flexibility index (Phi) is 11.8. The van der Waals surface area contributed by atoms with Crippen molar-refractivity contribution in [2.75, 3.05) is 13.1 Å². The van der Waals surface area contributed by atoms with Crippen molar-refractivity contribution < 1.29 is 9.59 Å². The highest BCUT2D eigenvalue weighted by molar-refractivity contribution is 5.96. The van der Waals surface area contributed by atoms with Crippen LogP contribution in [0.1, 0.15) is 26.7 Å². The highest BCUT2D eigenvalue weighted by Crippen LogP contribution is 1.80. The topological polar surface area (TPSA) is 86.2 Å². The summed E-state index contributed by atoms with van der Waals surface area (Å²) in [6.07, 6.45) is 1.03. The lowest BCUT2D eigenvalue weighted by atomic mass is 10.2. The number of Topliss-reactive ketones (excluding diaryl/α,β-unsaturated/α-hetero) is 2. The minimum atomic E-state index is -0.0625. The molecule has 0 rings (SSSR count). The van der Waals surface area contributed by atoms with E-state index in [0.717, 1.165) is 19.5 Å². The van der Waals surface area contributed by atoms with E-state index in [4.69, 9.17) is 11.5 Å². The molecular formula is C8H18N2O2. The molecule has 72 valence electrons. The van der Waals surface area contributed by atoms with E-state index in [0.29, 0.717) is 0 Å². The van der Waals surface area contributed by atoms with E-state index in [1.807, 2.05) is 0 Å². The number of rotatable bonds is 4. The van der Waals surface area contributed by atoms with Crippen LogP contribution in [0.3, 0.4) is 0 Å². The Morgan fingerprint density at radius 1 is 1.00 bits per heavy atom. The molecule has 4 N–H and O–H groups in total. The zero-order chi connectivity index (χ0) is 9.98. The van der Waals surface area contributed by atoms with Gasteiger partial charge in [-0.15, -0.1) is 0 Å². The highest BCUT2D eigenvalue weighted by atomic mass is 16.1. The Balaban J connectivity index is 0. The van der Waals surface area contributed by atoms with Crippen LogP contribution < -0.4 is 11.5 Å². The van der Waals surface area contributed by atoms with Crippen molar-refractivity contribution in [1.29, 1.82) is 0 Å². The quantitative estimate of drug-likeness (QED) is 0.580. The van der Waals surface area contributed by atoms with Crippen molar-refractivity contribution in [1.82, 2.24) is 0 Å². The maximum atomic E-state index is 10.0. The summed E-state index contributed by atoms with van der Waals surface area (Å²) in [7, 11) is 0. The maximum Gasteiger partial charge on any atom is 0.137 e. The fourth-order valence-electron chi connectivity index (χ4n) is 0.468. The van der Waals surface area contributed by atoms with E-state index in [2.05, 4.69) is 0 Å². The molecule has 4 nitrogen and oxygen atoms in total. The third kappa shape index (κ3) is 22.8. The van der Waals surface area contributed by atoms with Gasteiger partial charge in [-0.1, -0.05) is 0 Å². The third-order valence-electron chi connectivity index (χ3n) is 0.906. The van der Waals surface area contributed by atoms with E-state index in [9.17, 15) is 9.59 Å². The first-order chi connectivity index (χ1) is 5.54. The van der Waals surface area contributed by atoms with Crippen molar-refractivity contribution in [3.8, 4) is 0 Å². The molecule has 4 heteroatoms. The molecule has 12 heavy (non-hydrogen) atoms. The van der Waals surface area contributed by atoms with Gasteiger partial charge in [-0.25, -0.2) is 0 Å². The zero-order valence-electron chi connectivity index (χ0n) is 7.80. The average Bonchev–Trinajstić information content (AvgIpc) is 1.87. The van der Waals surface area contributed by atoms with Gasteiger partial charge in [-0.3, -0.25) is 9.59 Å². The average molecular weight is 174 g/mol. The number of carbonyl (C=O) groups excluding carboxylic acids is 2. The van der Waals surface area contributed by atoms with Crippen LogP contribution in [0, 0.1) is 0 Å². The first kappa shape index (κ1) is 13.8. The summed E-state index contributed by atoms with van der Waals surface area (Å²) in [5.41, 5.74) is 10.1. The Bertz CT molecular complexity index is 121. The molecule has 0 spiro atoms. The molecule has 0 aromatic carbocycles. The van der Waals surface area contributed by atoms with Gasteiger partial charge in [0.15, 0.2) is 0 Å². The van der Waals surface area contributed by atoms with Gasteiger partial charge in [0.2, 0.25) is 0 Å². The minimum absolute atomic E-state index is 0.0625. The second kappa shape index (κ2) is 10.3. The molecule has 0 aromatic heterocycles. The lowest BCUT2D eigenvalue weighted by Crippen LogP contribution is -2.06. The molecule has 0 saturated heterocycles. The second-order valence-electron chi connectivity index (χ2n) is 2.51. The molecule has 0 heterocycles. The van der Waals surface area contributed by atoms with Crippen molar-refractivity contribution >= 4 is 11.6 Å². The molecule has 0 amide bonds. The van der Waals surface area contributed by atoms with Gasteiger partial charge < -0.3 is 11.5 Å². The molecule has 0 bridgehead atoms. The van der Waals surface area contributed by atoms with Crippen LogP contribution in [0.25, 0.3) is 0 Å². The van der Waals surface area contributed by atoms with E-state index < -0.39 is 0 Å². The van der Waals surface area contributed by atoms with Crippen LogP contribution in [-0.2, 0) is 9.59 Å². The lowest BCUT2D eigenvalue weighted by Gasteiger charge is -1.81. The molecule has 0 atom stereocenters. The summed E-state index contributed by atoms with van der Waals surface area (Å²) in [5.74, 6) is -0.125. The summed E-state index contributed by atoms with van der Waals surface area (Å²) in [6, 6.07) is 0. The van der Waals surface area contributed by atoms with E-state index in [1.165, 1.54) is 13.8 Å². The number of nitrogens with two attached hydrogens (primary N) is 2. The monoisotopic (exact) mass is 174 g/mol. The molecule has 0 fully saturated rings. The molecule has 0 aliphatic heterocycles. The van der Waals surface area contributed by atoms with Crippen LogP contribution in [0.15, 0.2) is 0 Å². The molecule has 0 aliphatic rings. The molecular weight excluding hydrogens is 156 g/mol. The van der Waals surface area contributed by atoms with Crippen molar-refractivity contribution in [2.45, 2.75) is 26.7 Å². The first-order valence-corrected chi connectivity index (χ1v) is 3.93. The SMILES string of the molecule is CC(=O)CC(C)=O.NCCCN. The Labute approximate surface area is 73.3 Å². The number of ketones is 2. The van der Waals surface area contributed by atoms with Gasteiger partial charge in [-0.05, 0) is 33.4 Å². The number of hydrogen-bond acceptors (Lipinski definition) is 4. The summed E-state index contributed by atoms with van der Waals surface area (Å²) < 4.78 is 0. The second-order valence-corrected chi connectivity index (χ2v) is 2.51. The van der Waals surface area contributed by atoms with Crippen LogP contribution in [0.5, 0.6) is 0 Å². The minimum Gasteiger partial charge on any atom is -0.330 e. The van der Waals surface area contributed by atoms with E-state index >= 15 is 0 Å². The normalized spacial score (nSPS) is 8.33. The van der Waals surface area contributed by atoms with E-state index in [-0.39, 0.29) is 18.0 Å². The highest BCUT2D eigenvalue weighted by Gasteiger charge is 1.94. The number of carbonyl (C=O) groups is 2. The summed E-state index contributed by atoms with van der Waals surface area (Å²) in [5, 5.41) is 0. The fraction of sp³-hybridized carbons (Fsp3) is 0.750. The summed E-state index contributed by atoms with van der Waals surface area (Å²) in [6.45, 7) is 4.25. The summed E-state index contributed by atoms with van der Waals surface area (Å²) >= 11 is 0. The van der Waals surface area contributed by atoms with Crippen LogP contribution in [-0.4, -0.2) is 24.7 Å². The van der Waals surface area contributed by atoms with Crippen molar-refractivity contribution in [2.24, 2.45) is 11.5 Å². The summed E-state index contributed by atoms with van der Waals surface area (Å²) in [4.78, 5) is 20.1. The van der Waals surface area contributed by atoms with Crippen LogP contribution in [0.2, 0.25) is 0 Å². The van der Waals surface area contributed by atoms with Crippen LogP contribution >= 0.6 is 0 Å². The molecule has 0 aromatic rings. The largest absolute Gasteiger partial charge is 0.330 e. The van der Waals surface area contributed by atoms with Crippen LogP contribution in [0.4, 0.5) is 0 Å². The molecule has 0 unspecified atom stereocenters. The zero-order valence-corrected chi connectivity index (χ0v) is 7.80. The molecule has 0 radical (unpaired) electrons. The predicted octanol–water partition coefficient (Wildman–Crippen LogP) is -0.152. The van der Waals surface area contributed by atoms with Gasteiger partial charge in [0, 0.05) is 0 Å².